The second-order valence-electron chi connectivity index (χ2n) is 4.14. The average molecular weight is 347 g/mol. The molecule has 0 aliphatic heterocycles. The van der Waals surface area contributed by atoms with Crippen molar-refractivity contribution in [3.63, 3.8) is 0 Å². The van der Waals surface area contributed by atoms with Crippen LogP contribution in [-0.2, 0) is 16.6 Å². The van der Waals surface area contributed by atoms with E-state index in [1.54, 1.807) is 24.3 Å². The summed E-state index contributed by atoms with van der Waals surface area (Å²) in [6.45, 7) is 1.01. The molecule has 1 heterocycles. The van der Waals surface area contributed by atoms with E-state index in [1.165, 1.54) is 23.5 Å². The zero-order chi connectivity index (χ0) is 15.3. The first kappa shape index (κ1) is 16.3. The van der Waals surface area contributed by atoms with Gasteiger partial charge in [0.25, 0.3) is 0 Å². The van der Waals surface area contributed by atoms with Gasteiger partial charge in [0, 0.05) is 18.0 Å². The highest BCUT2D eigenvalue weighted by atomic mass is 35.5. The summed E-state index contributed by atoms with van der Waals surface area (Å²) < 4.78 is 32.7. The summed E-state index contributed by atoms with van der Waals surface area (Å²) in [6.07, 6.45) is 0. The molecule has 21 heavy (non-hydrogen) atoms. The van der Waals surface area contributed by atoms with Gasteiger partial charge < -0.3 is 10.5 Å². The van der Waals surface area contributed by atoms with Crippen molar-refractivity contribution in [1.29, 1.82) is 0 Å². The molecule has 0 atom stereocenters. The van der Waals surface area contributed by atoms with Crippen LogP contribution >= 0.6 is 22.9 Å². The summed E-state index contributed by atoms with van der Waals surface area (Å²) in [4.78, 5) is 1.04. The third kappa shape index (κ3) is 4.69. The number of hydrogen-bond donors (Lipinski definition) is 2. The van der Waals surface area contributed by atoms with Gasteiger partial charge in [-0.15, -0.1) is 11.3 Å². The summed E-state index contributed by atoms with van der Waals surface area (Å²) in [5.41, 5.74) is 5.33. The number of thiophene rings is 1. The molecule has 0 saturated carbocycles. The molecule has 0 fully saturated rings. The summed E-state index contributed by atoms with van der Waals surface area (Å²) in [7, 11) is -3.55. The number of nitrogens with two attached hydrogens (primary N) is 1. The molecule has 0 aliphatic carbocycles. The van der Waals surface area contributed by atoms with Crippen LogP contribution in [0.2, 0.25) is 4.34 Å². The minimum Gasteiger partial charge on any atom is -0.492 e. The summed E-state index contributed by atoms with van der Waals surface area (Å²) in [6, 6.07) is 9.72. The monoisotopic (exact) mass is 346 g/mol. The van der Waals surface area contributed by atoms with Gasteiger partial charge >= 0.3 is 0 Å². The van der Waals surface area contributed by atoms with Gasteiger partial charge in [0.1, 0.15) is 12.4 Å². The van der Waals surface area contributed by atoms with Gasteiger partial charge in [-0.25, -0.2) is 13.1 Å². The quantitative estimate of drug-likeness (QED) is 0.805. The van der Waals surface area contributed by atoms with E-state index in [9.17, 15) is 8.42 Å². The molecule has 0 unspecified atom stereocenters. The largest absolute Gasteiger partial charge is 0.492 e. The van der Waals surface area contributed by atoms with Gasteiger partial charge in [-0.3, -0.25) is 0 Å². The lowest BCUT2D eigenvalue weighted by Crippen LogP contribution is -2.22. The van der Waals surface area contributed by atoms with Crippen LogP contribution in [0.1, 0.15) is 4.88 Å². The highest BCUT2D eigenvalue weighted by molar-refractivity contribution is 7.89. The van der Waals surface area contributed by atoms with Crippen LogP contribution in [0, 0.1) is 0 Å². The Bertz CT molecular complexity index is 684. The minimum atomic E-state index is -3.55. The van der Waals surface area contributed by atoms with E-state index < -0.39 is 10.0 Å². The molecule has 1 aromatic heterocycles. The SMILES string of the molecule is NCCOc1ccc(S(=O)(=O)NCc2ccc(Cl)s2)cc1. The van der Waals surface area contributed by atoms with Gasteiger partial charge in [0.05, 0.1) is 9.23 Å². The third-order valence-corrected chi connectivity index (χ3v) is 5.23. The van der Waals surface area contributed by atoms with Crippen molar-refractivity contribution >= 4 is 33.0 Å². The third-order valence-electron chi connectivity index (χ3n) is 2.59. The zero-order valence-corrected chi connectivity index (χ0v) is 13.5. The van der Waals surface area contributed by atoms with Crippen LogP contribution in [0.15, 0.2) is 41.3 Å². The Morgan fingerprint density at radius 2 is 1.90 bits per heavy atom. The summed E-state index contributed by atoms with van der Waals surface area (Å²) in [5, 5.41) is 0. The second-order valence-corrected chi connectivity index (χ2v) is 7.71. The second kappa shape index (κ2) is 7.24. The molecule has 0 bridgehead atoms. The lowest BCUT2D eigenvalue weighted by atomic mass is 10.3. The molecule has 0 aliphatic rings. The van der Waals surface area contributed by atoms with Crippen LogP contribution in [0.3, 0.4) is 0 Å². The molecular weight excluding hydrogens is 332 g/mol. The normalized spacial score (nSPS) is 11.5. The number of hydrogen-bond acceptors (Lipinski definition) is 5. The average Bonchev–Trinajstić information content (AvgIpc) is 2.89. The summed E-state index contributed by atoms with van der Waals surface area (Å²) >= 11 is 7.15. The van der Waals surface area contributed by atoms with Gasteiger partial charge in [-0.05, 0) is 36.4 Å². The molecule has 2 rings (SSSR count). The Morgan fingerprint density at radius 1 is 1.19 bits per heavy atom. The predicted molar refractivity (Wildman–Crippen MR) is 84.3 cm³/mol. The van der Waals surface area contributed by atoms with Crippen molar-refractivity contribution in [2.75, 3.05) is 13.2 Å². The first-order valence-electron chi connectivity index (χ1n) is 6.18. The number of benzene rings is 1. The lowest BCUT2D eigenvalue weighted by Gasteiger charge is -2.07. The number of nitrogens with one attached hydrogen (secondary N) is 1. The van der Waals surface area contributed by atoms with Gasteiger partial charge in [0.15, 0.2) is 0 Å². The molecule has 3 N–H and O–H groups in total. The first-order valence-corrected chi connectivity index (χ1v) is 8.86. The molecule has 0 spiro atoms. The first-order chi connectivity index (χ1) is 10.0. The van der Waals surface area contributed by atoms with Gasteiger partial charge in [-0.2, -0.15) is 0 Å². The van der Waals surface area contributed by atoms with Crippen molar-refractivity contribution in [2.24, 2.45) is 5.73 Å². The van der Waals surface area contributed by atoms with E-state index in [2.05, 4.69) is 4.72 Å². The molecule has 8 heteroatoms. The number of ether oxygens (including phenoxy) is 1. The topological polar surface area (TPSA) is 81.4 Å². The van der Waals surface area contributed by atoms with Gasteiger partial charge in [-0.1, -0.05) is 11.6 Å². The molecular formula is C13H15ClN2O3S2. The van der Waals surface area contributed by atoms with Crippen LogP contribution in [0.4, 0.5) is 0 Å². The molecule has 5 nitrogen and oxygen atoms in total. The number of rotatable bonds is 7. The maximum absolute atomic E-state index is 12.1. The van der Waals surface area contributed by atoms with E-state index in [-0.39, 0.29) is 11.4 Å². The van der Waals surface area contributed by atoms with Crippen molar-refractivity contribution < 1.29 is 13.2 Å². The fourth-order valence-electron chi connectivity index (χ4n) is 1.59. The van der Waals surface area contributed by atoms with Crippen LogP contribution in [-0.4, -0.2) is 21.6 Å². The van der Waals surface area contributed by atoms with Crippen molar-refractivity contribution in [2.45, 2.75) is 11.4 Å². The fraction of sp³-hybridized carbons (Fsp3) is 0.231. The summed E-state index contributed by atoms with van der Waals surface area (Å²) in [5.74, 6) is 0.587. The zero-order valence-electron chi connectivity index (χ0n) is 11.1. The van der Waals surface area contributed by atoms with Crippen molar-refractivity contribution in [1.82, 2.24) is 4.72 Å². The predicted octanol–water partition coefficient (Wildman–Crippen LogP) is 2.22. The molecule has 0 saturated heterocycles. The Kier molecular flexibility index (Phi) is 5.60. The van der Waals surface area contributed by atoms with E-state index in [0.717, 1.165) is 4.88 Å². The minimum absolute atomic E-state index is 0.185. The maximum atomic E-state index is 12.1. The Labute approximate surface area is 132 Å². The van der Waals surface area contributed by atoms with Crippen molar-refractivity contribution in [3.05, 3.63) is 45.6 Å². The smallest absolute Gasteiger partial charge is 0.240 e. The highest BCUT2D eigenvalue weighted by Crippen LogP contribution is 2.22. The maximum Gasteiger partial charge on any atom is 0.240 e. The van der Waals surface area contributed by atoms with Crippen LogP contribution in [0.5, 0.6) is 5.75 Å². The van der Waals surface area contributed by atoms with E-state index in [1.807, 2.05) is 0 Å². The standard InChI is InChI=1S/C13H15ClN2O3S2/c14-13-6-3-11(20-13)9-16-21(17,18)12-4-1-10(2-5-12)19-8-7-15/h1-6,16H,7-9,15H2. The Morgan fingerprint density at radius 3 is 2.48 bits per heavy atom. The van der Waals surface area contributed by atoms with Crippen molar-refractivity contribution in [3.8, 4) is 5.75 Å². The Balaban J connectivity index is 2.01. The van der Waals surface area contributed by atoms with Crippen LogP contribution in [0.25, 0.3) is 0 Å². The molecule has 2 aromatic rings. The lowest BCUT2D eigenvalue weighted by molar-refractivity contribution is 0.328. The van der Waals surface area contributed by atoms with E-state index in [0.29, 0.717) is 23.2 Å². The van der Waals surface area contributed by atoms with E-state index in [4.69, 9.17) is 22.1 Å². The fourth-order valence-corrected chi connectivity index (χ4v) is 3.71. The number of sulfonamides is 1. The molecule has 0 radical (unpaired) electrons. The van der Waals surface area contributed by atoms with Crippen LogP contribution < -0.4 is 15.2 Å². The molecule has 114 valence electrons. The molecule has 1 aromatic carbocycles. The number of halogens is 1. The molecule has 0 amide bonds. The Hall–Kier alpha value is -1.12. The van der Waals surface area contributed by atoms with E-state index >= 15 is 0 Å². The highest BCUT2D eigenvalue weighted by Gasteiger charge is 2.14. The van der Waals surface area contributed by atoms with Gasteiger partial charge in [0.2, 0.25) is 10.0 Å².